The Morgan fingerprint density at radius 2 is 2.12 bits per heavy atom. The van der Waals surface area contributed by atoms with Gasteiger partial charge in [0.25, 0.3) is 5.91 Å². The second kappa shape index (κ2) is 6.95. The quantitative estimate of drug-likeness (QED) is 0.860. The lowest BCUT2D eigenvalue weighted by atomic mass is 9.97. The monoisotopic (exact) mass is 330 g/mol. The molecule has 1 atom stereocenters. The van der Waals surface area contributed by atoms with E-state index in [1.807, 2.05) is 17.9 Å². The largest absolute Gasteiger partial charge is 0.493 e. The molecule has 0 spiro atoms. The molecule has 24 heavy (non-hydrogen) atoms. The number of benzene rings is 1. The van der Waals surface area contributed by atoms with Gasteiger partial charge in [-0.1, -0.05) is 11.2 Å². The molecule has 1 aromatic heterocycles. The lowest BCUT2D eigenvalue weighted by Crippen LogP contribution is -2.38. The molecule has 0 bridgehead atoms. The number of hydrogen-bond acceptors (Lipinski definition) is 5. The van der Waals surface area contributed by atoms with Crippen molar-refractivity contribution in [2.45, 2.75) is 32.2 Å². The molecule has 2 aromatic rings. The van der Waals surface area contributed by atoms with Crippen molar-refractivity contribution in [2.75, 3.05) is 20.8 Å². The topological polar surface area (TPSA) is 64.8 Å². The van der Waals surface area contributed by atoms with E-state index in [4.69, 9.17) is 14.0 Å². The Morgan fingerprint density at radius 1 is 1.29 bits per heavy atom. The van der Waals surface area contributed by atoms with Gasteiger partial charge in [-0.2, -0.15) is 0 Å². The van der Waals surface area contributed by atoms with Crippen molar-refractivity contribution in [3.8, 4) is 11.5 Å². The first kappa shape index (κ1) is 16.4. The smallest absolute Gasteiger partial charge is 0.258 e. The Bertz CT molecular complexity index is 726. The van der Waals surface area contributed by atoms with Crippen LogP contribution in [0.5, 0.6) is 11.5 Å². The minimum atomic E-state index is -0.0731. The molecular formula is C18H22N2O4. The number of piperidine rings is 1. The highest BCUT2D eigenvalue weighted by Crippen LogP contribution is 2.36. The third-order valence-corrected chi connectivity index (χ3v) is 4.38. The lowest BCUT2D eigenvalue weighted by Gasteiger charge is -2.34. The van der Waals surface area contributed by atoms with Crippen LogP contribution < -0.4 is 9.47 Å². The number of methoxy groups -OCH3 is 2. The van der Waals surface area contributed by atoms with Crippen molar-refractivity contribution < 1.29 is 18.8 Å². The average Bonchev–Trinajstić information content (AvgIpc) is 3.06. The minimum absolute atomic E-state index is 0.0698. The maximum Gasteiger partial charge on any atom is 0.258 e. The van der Waals surface area contributed by atoms with Gasteiger partial charge in [0.05, 0.1) is 25.8 Å². The van der Waals surface area contributed by atoms with Crippen LogP contribution in [0.2, 0.25) is 0 Å². The second-order valence-electron chi connectivity index (χ2n) is 5.91. The highest BCUT2D eigenvalue weighted by molar-refractivity contribution is 5.98. The number of para-hydroxylation sites is 1. The van der Waals surface area contributed by atoms with Crippen LogP contribution in [-0.2, 0) is 0 Å². The van der Waals surface area contributed by atoms with E-state index in [1.165, 1.54) is 0 Å². The molecule has 1 aromatic carbocycles. The molecule has 0 saturated carbocycles. The number of hydrogen-bond donors (Lipinski definition) is 0. The van der Waals surface area contributed by atoms with Crippen LogP contribution in [0.25, 0.3) is 0 Å². The zero-order chi connectivity index (χ0) is 17.1. The van der Waals surface area contributed by atoms with Crippen molar-refractivity contribution in [2.24, 2.45) is 0 Å². The number of likely N-dealkylation sites (tertiary alicyclic amines) is 1. The van der Waals surface area contributed by atoms with Gasteiger partial charge in [-0.05, 0) is 38.3 Å². The lowest BCUT2D eigenvalue weighted by molar-refractivity contribution is 0.0598. The van der Waals surface area contributed by atoms with Crippen LogP contribution in [0, 0.1) is 6.92 Å². The Kier molecular flexibility index (Phi) is 4.74. The summed E-state index contributed by atoms with van der Waals surface area (Å²) in [6, 6.07) is 7.18. The summed E-state index contributed by atoms with van der Waals surface area (Å²) < 4.78 is 15.9. The molecule has 1 saturated heterocycles. The Labute approximate surface area is 141 Å². The van der Waals surface area contributed by atoms with Gasteiger partial charge in [0.15, 0.2) is 11.5 Å². The summed E-state index contributed by atoms with van der Waals surface area (Å²) in [6.45, 7) is 2.55. The number of ether oxygens (including phenoxy) is 2. The highest BCUT2D eigenvalue weighted by Gasteiger charge is 2.32. The van der Waals surface area contributed by atoms with Gasteiger partial charge in [0, 0.05) is 12.6 Å². The number of aromatic nitrogens is 1. The van der Waals surface area contributed by atoms with E-state index in [-0.39, 0.29) is 11.9 Å². The van der Waals surface area contributed by atoms with Crippen molar-refractivity contribution >= 4 is 5.91 Å². The van der Waals surface area contributed by atoms with E-state index in [2.05, 4.69) is 5.16 Å². The number of nitrogens with zero attached hydrogens (tertiary/aromatic N) is 2. The fraction of sp³-hybridized carbons (Fsp3) is 0.444. The zero-order valence-electron chi connectivity index (χ0n) is 14.2. The standard InChI is InChI=1S/C18H22N2O4/c1-12-11-14(19-24-12)15-8-4-5-10-20(15)18(21)13-7-6-9-16(22-2)17(13)23-3/h6-7,9,11,15H,4-5,8,10H2,1-3H3. The summed E-state index contributed by atoms with van der Waals surface area (Å²) in [5, 5.41) is 4.12. The minimum Gasteiger partial charge on any atom is -0.493 e. The summed E-state index contributed by atoms with van der Waals surface area (Å²) in [5.41, 5.74) is 1.31. The molecule has 6 nitrogen and oxygen atoms in total. The molecule has 3 rings (SSSR count). The number of carbonyl (C=O) groups excluding carboxylic acids is 1. The first-order valence-corrected chi connectivity index (χ1v) is 8.11. The zero-order valence-corrected chi connectivity index (χ0v) is 14.2. The van der Waals surface area contributed by atoms with Crippen molar-refractivity contribution in [3.05, 3.63) is 41.3 Å². The molecule has 0 N–H and O–H groups in total. The molecule has 6 heteroatoms. The van der Waals surface area contributed by atoms with Gasteiger partial charge in [-0.15, -0.1) is 0 Å². The van der Waals surface area contributed by atoms with Crippen molar-refractivity contribution in [3.63, 3.8) is 0 Å². The van der Waals surface area contributed by atoms with E-state index < -0.39 is 0 Å². The van der Waals surface area contributed by atoms with Gasteiger partial charge < -0.3 is 18.9 Å². The van der Waals surface area contributed by atoms with E-state index >= 15 is 0 Å². The maximum atomic E-state index is 13.2. The highest BCUT2D eigenvalue weighted by atomic mass is 16.5. The first-order valence-electron chi connectivity index (χ1n) is 8.11. The van der Waals surface area contributed by atoms with E-state index in [1.54, 1.807) is 32.4 Å². The summed E-state index contributed by atoms with van der Waals surface area (Å²) >= 11 is 0. The fourth-order valence-corrected chi connectivity index (χ4v) is 3.24. The van der Waals surface area contributed by atoms with Crippen LogP contribution in [0.3, 0.4) is 0 Å². The predicted octanol–water partition coefficient (Wildman–Crippen LogP) is 3.37. The summed E-state index contributed by atoms with van der Waals surface area (Å²) in [6.07, 6.45) is 2.92. The SMILES string of the molecule is COc1cccc(C(=O)N2CCCCC2c2cc(C)on2)c1OC. The van der Waals surface area contributed by atoms with Gasteiger partial charge in [0.2, 0.25) is 0 Å². The van der Waals surface area contributed by atoms with Gasteiger partial charge in [-0.3, -0.25) is 4.79 Å². The van der Waals surface area contributed by atoms with E-state index in [0.29, 0.717) is 23.6 Å². The van der Waals surface area contributed by atoms with Gasteiger partial charge in [-0.25, -0.2) is 0 Å². The number of carbonyl (C=O) groups is 1. The molecular weight excluding hydrogens is 308 g/mol. The van der Waals surface area contributed by atoms with Crippen LogP contribution in [-0.4, -0.2) is 36.7 Å². The first-order chi connectivity index (χ1) is 11.7. The molecule has 128 valence electrons. The van der Waals surface area contributed by atoms with Crippen molar-refractivity contribution in [1.29, 1.82) is 0 Å². The molecule has 1 fully saturated rings. The third kappa shape index (κ3) is 2.96. The predicted molar refractivity (Wildman–Crippen MR) is 88.4 cm³/mol. The molecule has 2 heterocycles. The van der Waals surface area contributed by atoms with Crippen LogP contribution >= 0.6 is 0 Å². The molecule has 0 radical (unpaired) electrons. The normalized spacial score (nSPS) is 17.6. The van der Waals surface area contributed by atoms with Crippen LogP contribution in [0.4, 0.5) is 0 Å². The van der Waals surface area contributed by atoms with E-state index in [0.717, 1.165) is 30.7 Å². The molecule has 1 amide bonds. The summed E-state index contributed by atoms with van der Waals surface area (Å²) in [4.78, 5) is 15.0. The molecule has 1 unspecified atom stereocenters. The van der Waals surface area contributed by atoms with Crippen molar-refractivity contribution in [1.82, 2.24) is 10.1 Å². The van der Waals surface area contributed by atoms with Crippen LogP contribution in [0.15, 0.2) is 28.8 Å². The van der Waals surface area contributed by atoms with E-state index in [9.17, 15) is 4.79 Å². The Morgan fingerprint density at radius 3 is 2.79 bits per heavy atom. The molecule has 1 aliphatic heterocycles. The molecule has 1 aliphatic rings. The Balaban J connectivity index is 1.95. The second-order valence-corrected chi connectivity index (χ2v) is 5.91. The summed E-state index contributed by atoms with van der Waals surface area (Å²) in [5.74, 6) is 1.69. The fourth-order valence-electron chi connectivity index (χ4n) is 3.24. The number of aryl methyl sites for hydroxylation is 1. The van der Waals surface area contributed by atoms with Gasteiger partial charge >= 0.3 is 0 Å². The molecule has 0 aliphatic carbocycles. The third-order valence-electron chi connectivity index (χ3n) is 4.38. The number of rotatable bonds is 4. The van der Waals surface area contributed by atoms with Crippen LogP contribution in [0.1, 0.15) is 47.1 Å². The average molecular weight is 330 g/mol. The maximum absolute atomic E-state index is 13.2. The number of amides is 1. The van der Waals surface area contributed by atoms with Gasteiger partial charge in [0.1, 0.15) is 11.5 Å². The summed E-state index contributed by atoms with van der Waals surface area (Å²) in [7, 11) is 3.11. The Hall–Kier alpha value is -2.50.